The number of carbonyl (C=O) groups is 2. The lowest BCUT2D eigenvalue weighted by atomic mass is 10.1. The van der Waals surface area contributed by atoms with Gasteiger partial charge in [0.15, 0.2) is 0 Å². The van der Waals surface area contributed by atoms with Crippen LogP contribution in [0.5, 0.6) is 0 Å². The van der Waals surface area contributed by atoms with Crippen LogP contribution in [-0.4, -0.2) is 37.1 Å². The van der Waals surface area contributed by atoms with Crippen molar-refractivity contribution < 1.29 is 27.9 Å². The molecule has 1 atom stereocenters. The third kappa shape index (κ3) is 6.17. The second kappa shape index (κ2) is 8.53. The molecule has 8 heteroatoms. The van der Waals surface area contributed by atoms with E-state index < -0.39 is 33.6 Å². The minimum atomic E-state index is -4.07. The molecule has 2 aromatic carbocycles. The Balaban J connectivity index is 2.28. The van der Waals surface area contributed by atoms with Crippen LogP contribution in [0.1, 0.15) is 36.7 Å². The molecule has 0 aromatic heterocycles. The van der Waals surface area contributed by atoms with Crippen molar-refractivity contribution in [2.24, 2.45) is 0 Å². The van der Waals surface area contributed by atoms with E-state index in [0.717, 1.165) is 5.56 Å². The highest BCUT2D eigenvalue weighted by Crippen LogP contribution is 2.16. The molecule has 0 heterocycles. The molecule has 28 heavy (non-hydrogen) atoms. The zero-order valence-corrected chi connectivity index (χ0v) is 16.7. The number of benzene rings is 2. The van der Waals surface area contributed by atoms with Crippen molar-refractivity contribution in [2.45, 2.75) is 43.7 Å². The summed E-state index contributed by atoms with van der Waals surface area (Å²) in [6.07, 6.45) is 0.113. The van der Waals surface area contributed by atoms with Crippen LogP contribution in [0.2, 0.25) is 0 Å². The number of ether oxygens (including phenoxy) is 1. The molecule has 2 rings (SSSR count). The fourth-order valence-electron chi connectivity index (χ4n) is 2.43. The first kappa shape index (κ1) is 21.6. The van der Waals surface area contributed by atoms with Crippen molar-refractivity contribution in [3.63, 3.8) is 0 Å². The fourth-order valence-corrected chi connectivity index (χ4v) is 3.61. The SMILES string of the molecule is CC(C)(C)OC(=O)[C@H](Cc1ccccc1)NS(=O)(=O)c1ccc(C(=O)O)cc1. The largest absolute Gasteiger partial charge is 0.478 e. The molecule has 0 aliphatic carbocycles. The van der Waals surface area contributed by atoms with Crippen molar-refractivity contribution in [3.05, 3.63) is 65.7 Å². The quantitative estimate of drug-likeness (QED) is 0.685. The molecular weight excluding hydrogens is 382 g/mol. The van der Waals surface area contributed by atoms with Gasteiger partial charge in [0.25, 0.3) is 0 Å². The van der Waals surface area contributed by atoms with Crippen molar-refractivity contribution in [1.29, 1.82) is 0 Å². The predicted octanol–water partition coefficient (Wildman–Crippen LogP) is 2.62. The Hall–Kier alpha value is -2.71. The lowest BCUT2D eigenvalue weighted by Crippen LogP contribution is -2.45. The van der Waals surface area contributed by atoms with Crippen LogP contribution in [0.25, 0.3) is 0 Å². The lowest BCUT2D eigenvalue weighted by molar-refractivity contribution is -0.156. The number of carboxylic acid groups (broad SMARTS) is 1. The standard InChI is InChI=1S/C20H23NO6S/c1-20(2,3)27-19(24)17(13-14-7-5-4-6-8-14)21-28(25,26)16-11-9-15(10-12-16)18(22)23/h4-12,17,21H,13H2,1-3H3,(H,22,23)/t17-/m0/s1. The fraction of sp³-hybridized carbons (Fsp3) is 0.300. The van der Waals surface area contributed by atoms with Gasteiger partial charge in [0.1, 0.15) is 11.6 Å². The molecule has 0 aliphatic rings. The Bertz CT molecular complexity index is 931. The van der Waals surface area contributed by atoms with E-state index in [1.807, 2.05) is 6.07 Å². The normalized spacial score (nSPS) is 13.0. The van der Waals surface area contributed by atoms with E-state index in [4.69, 9.17) is 9.84 Å². The van der Waals surface area contributed by atoms with E-state index in [-0.39, 0.29) is 16.9 Å². The molecule has 0 amide bonds. The van der Waals surface area contributed by atoms with Crippen molar-refractivity contribution in [1.82, 2.24) is 4.72 Å². The van der Waals surface area contributed by atoms with Crippen LogP contribution in [0.3, 0.4) is 0 Å². The van der Waals surface area contributed by atoms with Gasteiger partial charge in [-0.3, -0.25) is 4.79 Å². The molecule has 0 aliphatic heterocycles. The van der Waals surface area contributed by atoms with Crippen LogP contribution in [-0.2, 0) is 26.0 Å². The molecule has 2 aromatic rings. The molecule has 7 nitrogen and oxygen atoms in total. The highest BCUT2D eigenvalue weighted by molar-refractivity contribution is 7.89. The topological polar surface area (TPSA) is 110 Å². The number of esters is 1. The molecule has 0 unspecified atom stereocenters. The first-order valence-corrected chi connectivity index (χ1v) is 10.1. The summed E-state index contributed by atoms with van der Waals surface area (Å²) in [5, 5.41) is 8.94. The minimum absolute atomic E-state index is 0.0353. The Labute approximate surface area is 164 Å². The van der Waals surface area contributed by atoms with Crippen molar-refractivity contribution in [3.8, 4) is 0 Å². The lowest BCUT2D eigenvalue weighted by Gasteiger charge is -2.24. The van der Waals surface area contributed by atoms with Crippen LogP contribution in [0.4, 0.5) is 0 Å². The minimum Gasteiger partial charge on any atom is -0.478 e. The summed E-state index contributed by atoms with van der Waals surface area (Å²) in [5.74, 6) is -1.85. The van der Waals surface area contributed by atoms with Crippen LogP contribution >= 0.6 is 0 Å². The van der Waals surface area contributed by atoms with E-state index in [1.54, 1.807) is 45.0 Å². The number of hydrogen-bond acceptors (Lipinski definition) is 5. The third-order valence-corrected chi connectivity index (χ3v) is 5.17. The molecule has 0 radical (unpaired) electrons. The first-order valence-electron chi connectivity index (χ1n) is 8.60. The number of aromatic carboxylic acids is 1. The molecular formula is C20H23NO6S. The Morgan fingerprint density at radius 1 is 1.04 bits per heavy atom. The zero-order chi connectivity index (χ0) is 20.9. The molecule has 150 valence electrons. The number of nitrogens with one attached hydrogen (secondary N) is 1. The van der Waals surface area contributed by atoms with Gasteiger partial charge in [-0.25, -0.2) is 13.2 Å². The van der Waals surface area contributed by atoms with E-state index in [1.165, 1.54) is 24.3 Å². The number of sulfonamides is 1. The molecule has 0 fully saturated rings. The van der Waals surface area contributed by atoms with Gasteiger partial charge in [0.2, 0.25) is 10.0 Å². The Kier molecular flexibility index (Phi) is 6.58. The van der Waals surface area contributed by atoms with Gasteiger partial charge >= 0.3 is 11.9 Å². The van der Waals surface area contributed by atoms with Crippen LogP contribution in [0.15, 0.2) is 59.5 Å². The van der Waals surface area contributed by atoms with E-state index in [0.29, 0.717) is 0 Å². The van der Waals surface area contributed by atoms with Gasteiger partial charge in [0, 0.05) is 0 Å². The first-order chi connectivity index (χ1) is 13.0. The number of hydrogen-bond donors (Lipinski definition) is 2. The van der Waals surface area contributed by atoms with Crippen LogP contribution in [0, 0.1) is 0 Å². The van der Waals surface area contributed by atoms with Crippen LogP contribution < -0.4 is 4.72 Å². The summed E-state index contributed by atoms with van der Waals surface area (Å²) in [7, 11) is -4.07. The average Bonchev–Trinajstić information content (AvgIpc) is 2.60. The average molecular weight is 405 g/mol. The van der Waals surface area contributed by atoms with Gasteiger partial charge in [-0.15, -0.1) is 0 Å². The smallest absolute Gasteiger partial charge is 0.335 e. The van der Waals surface area contributed by atoms with E-state index >= 15 is 0 Å². The van der Waals surface area contributed by atoms with Gasteiger partial charge in [-0.05, 0) is 57.0 Å². The maximum Gasteiger partial charge on any atom is 0.335 e. The van der Waals surface area contributed by atoms with Gasteiger partial charge in [0.05, 0.1) is 10.5 Å². The molecule has 0 saturated carbocycles. The predicted molar refractivity (Wildman–Crippen MR) is 104 cm³/mol. The maximum absolute atomic E-state index is 12.7. The summed E-state index contributed by atoms with van der Waals surface area (Å²) in [6, 6.07) is 12.6. The molecule has 0 bridgehead atoms. The second-order valence-corrected chi connectivity index (χ2v) is 8.94. The maximum atomic E-state index is 12.7. The van der Waals surface area contributed by atoms with Crippen molar-refractivity contribution in [2.75, 3.05) is 0 Å². The van der Waals surface area contributed by atoms with Crippen molar-refractivity contribution >= 4 is 22.0 Å². The van der Waals surface area contributed by atoms with E-state index in [2.05, 4.69) is 4.72 Å². The zero-order valence-electron chi connectivity index (χ0n) is 15.9. The summed E-state index contributed by atoms with van der Waals surface area (Å²) in [6.45, 7) is 5.09. The summed E-state index contributed by atoms with van der Waals surface area (Å²) in [5.41, 5.74) is -0.0464. The Morgan fingerprint density at radius 2 is 1.61 bits per heavy atom. The number of carboxylic acids is 1. The number of carbonyl (C=O) groups excluding carboxylic acids is 1. The summed E-state index contributed by atoms with van der Waals surface area (Å²) < 4.78 is 33.2. The molecule has 0 spiro atoms. The van der Waals surface area contributed by atoms with Gasteiger partial charge in [-0.1, -0.05) is 30.3 Å². The highest BCUT2D eigenvalue weighted by atomic mass is 32.2. The second-order valence-electron chi connectivity index (χ2n) is 7.23. The monoisotopic (exact) mass is 405 g/mol. The van der Waals surface area contributed by atoms with Gasteiger partial charge < -0.3 is 9.84 Å². The summed E-state index contributed by atoms with van der Waals surface area (Å²) in [4.78, 5) is 23.4. The molecule has 2 N–H and O–H groups in total. The summed E-state index contributed by atoms with van der Waals surface area (Å²) >= 11 is 0. The third-order valence-electron chi connectivity index (χ3n) is 3.68. The highest BCUT2D eigenvalue weighted by Gasteiger charge is 2.30. The Morgan fingerprint density at radius 3 is 2.11 bits per heavy atom. The molecule has 0 saturated heterocycles. The van der Waals surface area contributed by atoms with Gasteiger partial charge in [-0.2, -0.15) is 4.72 Å². The number of rotatable bonds is 7. The van der Waals surface area contributed by atoms with E-state index in [9.17, 15) is 18.0 Å².